The molecule has 0 N–H and O–H groups in total. The van der Waals surface area contributed by atoms with Crippen molar-refractivity contribution in [1.29, 1.82) is 0 Å². The van der Waals surface area contributed by atoms with Crippen LogP contribution in [-0.2, 0) is 83.6 Å². The molecule has 4 unspecified atom stereocenters. The summed E-state index contributed by atoms with van der Waals surface area (Å²) in [5.41, 5.74) is 19.0. The molecule has 4 fully saturated rings. The van der Waals surface area contributed by atoms with Gasteiger partial charge < -0.3 is 47.7 Å². The van der Waals surface area contributed by atoms with Crippen LogP contribution >= 0.6 is 0 Å². The summed E-state index contributed by atoms with van der Waals surface area (Å²) in [6.45, 7) is 14.3. The molecule has 0 aromatic heterocycles. The molecule has 10 nitrogen and oxygen atoms in total. The average molecular weight is 1040 g/mol. The van der Waals surface area contributed by atoms with Gasteiger partial charge in [0.25, 0.3) is 0 Å². The molecule has 4 aliphatic rings. The van der Waals surface area contributed by atoms with E-state index in [0.717, 1.165) is 168 Å². The Hall–Kier alpha value is -5.40. The molecule has 0 aliphatic carbocycles. The van der Waals surface area contributed by atoms with E-state index in [9.17, 15) is 0 Å². The van der Waals surface area contributed by atoms with Gasteiger partial charge in [-0.2, -0.15) is 0 Å². The predicted molar refractivity (Wildman–Crippen MR) is 307 cm³/mol. The third-order valence-corrected chi connectivity index (χ3v) is 15.6. The molecule has 6 aromatic carbocycles. The number of rotatable bonds is 22. The Morgan fingerprint density at radius 2 is 0.636 bits per heavy atom. The molecular formula is C67H82N2O8. The van der Waals surface area contributed by atoms with E-state index in [4.69, 9.17) is 37.9 Å². The van der Waals surface area contributed by atoms with Gasteiger partial charge in [-0.1, -0.05) is 86.6 Å². The number of anilines is 6. The van der Waals surface area contributed by atoms with Crippen molar-refractivity contribution in [3.63, 3.8) is 0 Å². The zero-order valence-corrected chi connectivity index (χ0v) is 46.3. The van der Waals surface area contributed by atoms with Gasteiger partial charge in [0, 0.05) is 49.2 Å². The van der Waals surface area contributed by atoms with Crippen molar-refractivity contribution in [3.05, 3.63) is 177 Å². The third-order valence-electron chi connectivity index (χ3n) is 15.6. The Morgan fingerprint density at radius 3 is 0.870 bits per heavy atom. The van der Waals surface area contributed by atoms with Crippen LogP contribution in [0.25, 0.3) is 0 Å². The summed E-state index contributed by atoms with van der Waals surface area (Å²) in [6.07, 6.45) is 14.9. The van der Waals surface area contributed by atoms with Crippen molar-refractivity contribution >= 4 is 34.1 Å². The van der Waals surface area contributed by atoms with Crippen LogP contribution in [0.5, 0.6) is 0 Å². The van der Waals surface area contributed by atoms with Crippen molar-refractivity contribution in [2.75, 3.05) is 36.2 Å². The SMILES string of the molecule is CCc1cc(Cc2cc(C)c(N(c3ccc(COC4CCCCO4)cc3)c3ccc(COC4CCCCO4)cc3)c(CC)c2)cc(C)c1N(c1ccc(COC2CCCCO2)cc1)c1ccc(COC2CCCCO2)cc1. The maximum absolute atomic E-state index is 6.20. The summed E-state index contributed by atoms with van der Waals surface area (Å²) >= 11 is 0. The van der Waals surface area contributed by atoms with Crippen LogP contribution in [0.1, 0.15) is 147 Å². The van der Waals surface area contributed by atoms with Gasteiger partial charge in [0.05, 0.1) is 37.8 Å². The van der Waals surface area contributed by atoms with Crippen LogP contribution in [-0.4, -0.2) is 51.6 Å². The minimum atomic E-state index is -0.127. The van der Waals surface area contributed by atoms with E-state index in [1.54, 1.807) is 0 Å². The summed E-state index contributed by atoms with van der Waals surface area (Å²) in [7, 11) is 0. The van der Waals surface area contributed by atoms with E-state index in [2.05, 4.69) is 159 Å². The van der Waals surface area contributed by atoms with Crippen LogP contribution in [0.3, 0.4) is 0 Å². The second-order valence-corrected chi connectivity index (χ2v) is 21.5. The first-order valence-corrected chi connectivity index (χ1v) is 29.0. The number of ether oxygens (including phenoxy) is 8. The summed E-state index contributed by atoms with van der Waals surface area (Å²) in [5.74, 6) is 0. The van der Waals surface area contributed by atoms with Crippen molar-refractivity contribution in [2.45, 2.75) is 176 Å². The first-order valence-electron chi connectivity index (χ1n) is 29.0. The van der Waals surface area contributed by atoms with Gasteiger partial charge in [-0.25, -0.2) is 0 Å². The standard InChI is InChI=1S/C67H82N2O8/c1-5-56-42-54(39-48(3)66(56)68(58-27-19-50(20-28-58)44-74-62-15-7-11-35-70-62)59-29-21-51(22-30-59)45-75-63-16-8-12-36-71-63)41-55-40-49(4)67(57(6-2)43-55)69(60-31-23-52(24-32-60)46-76-64-17-9-13-37-72-64)61-33-25-53(26-34-61)47-77-65-18-10-14-38-73-65/h19-34,39-40,42-43,62-65H,5-18,35-38,41,44-47H2,1-4H3. The first-order chi connectivity index (χ1) is 37.9. The summed E-state index contributed by atoms with van der Waals surface area (Å²) in [6, 6.07) is 45.1. The van der Waals surface area contributed by atoms with Gasteiger partial charge in [0.2, 0.25) is 0 Å². The molecule has 0 spiro atoms. The highest BCUT2D eigenvalue weighted by Gasteiger charge is 2.24. The zero-order valence-electron chi connectivity index (χ0n) is 46.3. The third kappa shape index (κ3) is 14.6. The molecule has 77 heavy (non-hydrogen) atoms. The van der Waals surface area contributed by atoms with Crippen LogP contribution in [0, 0.1) is 13.8 Å². The van der Waals surface area contributed by atoms with Crippen molar-refractivity contribution in [2.24, 2.45) is 0 Å². The van der Waals surface area contributed by atoms with Crippen molar-refractivity contribution in [3.8, 4) is 0 Å². The number of benzene rings is 6. The fraction of sp³-hybridized carbons (Fsp3) is 0.463. The molecule has 4 heterocycles. The lowest BCUT2D eigenvalue weighted by Crippen LogP contribution is -2.22. The zero-order chi connectivity index (χ0) is 52.8. The van der Waals surface area contributed by atoms with Gasteiger partial charge in [-0.05, 0) is 214 Å². The highest BCUT2D eigenvalue weighted by Crippen LogP contribution is 2.43. The van der Waals surface area contributed by atoms with Gasteiger partial charge in [-0.15, -0.1) is 0 Å². The van der Waals surface area contributed by atoms with E-state index in [1.165, 1.54) is 44.8 Å². The maximum Gasteiger partial charge on any atom is 0.158 e. The van der Waals surface area contributed by atoms with Crippen LogP contribution in [0.2, 0.25) is 0 Å². The van der Waals surface area contributed by atoms with Gasteiger partial charge in [0.1, 0.15) is 0 Å². The number of hydrogen-bond acceptors (Lipinski definition) is 10. The highest BCUT2D eigenvalue weighted by molar-refractivity contribution is 5.82. The quantitative estimate of drug-likeness (QED) is 0.0656. The number of hydrogen-bond donors (Lipinski definition) is 0. The van der Waals surface area contributed by atoms with E-state index in [0.29, 0.717) is 26.4 Å². The van der Waals surface area contributed by atoms with E-state index in [-0.39, 0.29) is 25.2 Å². The fourth-order valence-corrected chi connectivity index (χ4v) is 11.4. The van der Waals surface area contributed by atoms with Crippen molar-refractivity contribution < 1.29 is 37.9 Å². The second kappa shape index (κ2) is 27.5. The van der Waals surface area contributed by atoms with E-state index in [1.807, 2.05) is 0 Å². The Kier molecular flexibility index (Phi) is 19.6. The van der Waals surface area contributed by atoms with Gasteiger partial charge in [-0.3, -0.25) is 0 Å². The lowest BCUT2D eigenvalue weighted by atomic mass is 9.93. The predicted octanol–water partition coefficient (Wildman–Crippen LogP) is 16.1. The molecular weight excluding hydrogens is 961 g/mol. The molecule has 0 bridgehead atoms. The highest BCUT2D eigenvalue weighted by atomic mass is 16.7. The van der Waals surface area contributed by atoms with E-state index < -0.39 is 0 Å². The van der Waals surface area contributed by atoms with E-state index >= 15 is 0 Å². The lowest BCUT2D eigenvalue weighted by Gasteiger charge is -2.31. The Morgan fingerprint density at radius 1 is 0.364 bits per heavy atom. The molecule has 4 atom stereocenters. The second-order valence-electron chi connectivity index (χ2n) is 21.5. The largest absolute Gasteiger partial charge is 0.353 e. The number of aryl methyl sites for hydroxylation is 4. The van der Waals surface area contributed by atoms with Crippen LogP contribution in [0.15, 0.2) is 121 Å². The van der Waals surface area contributed by atoms with Gasteiger partial charge in [0.15, 0.2) is 25.2 Å². The van der Waals surface area contributed by atoms with Crippen molar-refractivity contribution in [1.82, 2.24) is 0 Å². The maximum atomic E-state index is 6.20. The monoisotopic (exact) mass is 1040 g/mol. The first kappa shape index (κ1) is 54.9. The average Bonchev–Trinajstić information content (AvgIpc) is 3.49. The Labute approximate surface area is 458 Å². The summed E-state index contributed by atoms with van der Waals surface area (Å²) in [5, 5.41) is 0. The summed E-state index contributed by atoms with van der Waals surface area (Å²) in [4.78, 5) is 4.86. The summed E-state index contributed by atoms with van der Waals surface area (Å²) < 4.78 is 48.3. The molecule has 408 valence electrons. The Balaban J connectivity index is 0.925. The minimum absolute atomic E-state index is 0.127. The van der Waals surface area contributed by atoms with Gasteiger partial charge >= 0.3 is 0 Å². The lowest BCUT2D eigenvalue weighted by molar-refractivity contribution is -0.169. The van der Waals surface area contributed by atoms with Crippen LogP contribution < -0.4 is 9.80 Å². The molecule has 4 aliphatic heterocycles. The normalized spacial score (nSPS) is 20.0. The molecule has 0 radical (unpaired) electrons. The number of nitrogens with zero attached hydrogens (tertiary/aromatic N) is 2. The molecule has 0 amide bonds. The topological polar surface area (TPSA) is 80.3 Å². The molecule has 0 saturated carbocycles. The smallest absolute Gasteiger partial charge is 0.158 e. The molecule has 10 rings (SSSR count). The minimum Gasteiger partial charge on any atom is -0.353 e. The molecule has 10 heteroatoms. The molecule has 6 aromatic rings. The Bertz CT molecular complexity index is 2440. The molecule has 4 saturated heterocycles. The fourth-order valence-electron chi connectivity index (χ4n) is 11.4. The van der Waals surface area contributed by atoms with Crippen LogP contribution in [0.4, 0.5) is 34.1 Å².